The molecule has 3 aromatic carbocycles. The monoisotopic (exact) mass is 404 g/mol. The second kappa shape index (κ2) is 7.68. The SMILES string of the molecule is CCC(C)(SF)c1ccccc1-c1nn(-c2c(C)cccc2C)c2ccccc12. The molecule has 148 valence electrons. The lowest BCUT2D eigenvalue weighted by Crippen LogP contribution is -2.16. The topological polar surface area (TPSA) is 17.8 Å². The van der Waals surface area contributed by atoms with Gasteiger partial charge in [0.2, 0.25) is 0 Å². The standard InChI is InChI=1S/C25H25FN2S/c1-5-25(4,29-26)21-15-8-6-13-19(21)23-20-14-7-9-16-22(20)28(27-23)24-17(2)11-10-12-18(24)3/h6-16H,5H2,1-4H3. The molecular weight excluding hydrogens is 379 g/mol. The molecule has 0 spiro atoms. The van der Waals surface area contributed by atoms with Crippen LogP contribution in [0.2, 0.25) is 0 Å². The van der Waals surface area contributed by atoms with Crippen LogP contribution in [-0.4, -0.2) is 9.78 Å². The van der Waals surface area contributed by atoms with E-state index in [1.165, 1.54) is 11.1 Å². The molecule has 4 heteroatoms. The molecular formula is C25H25FN2S. The first-order valence-electron chi connectivity index (χ1n) is 9.94. The second-order valence-electron chi connectivity index (χ2n) is 7.73. The maximum Gasteiger partial charge on any atom is 0.101 e. The Balaban J connectivity index is 2.04. The maximum absolute atomic E-state index is 14.0. The second-order valence-corrected chi connectivity index (χ2v) is 8.78. The molecule has 0 N–H and O–H groups in total. The number of rotatable bonds is 5. The smallest absolute Gasteiger partial charge is 0.101 e. The fourth-order valence-corrected chi connectivity index (χ4v) is 4.38. The van der Waals surface area contributed by atoms with Crippen LogP contribution < -0.4 is 0 Å². The van der Waals surface area contributed by atoms with E-state index in [0.717, 1.165) is 33.4 Å². The molecule has 4 rings (SSSR count). The van der Waals surface area contributed by atoms with Crippen LogP contribution in [0.5, 0.6) is 0 Å². The Morgan fingerprint density at radius 2 is 1.59 bits per heavy atom. The van der Waals surface area contributed by atoms with Gasteiger partial charge >= 0.3 is 0 Å². The van der Waals surface area contributed by atoms with Crippen LogP contribution in [0.1, 0.15) is 37.0 Å². The lowest BCUT2D eigenvalue weighted by atomic mass is 9.90. The van der Waals surface area contributed by atoms with Crippen LogP contribution in [0.4, 0.5) is 3.89 Å². The molecule has 29 heavy (non-hydrogen) atoms. The van der Waals surface area contributed by atoms with Gasteiger partial charge in [-0.25, -0.2) is 4.68 Å². The van der Waals surface area contributed by atoms with Crippen LogP contribution in [0, 0.1) is 13.8 Å². The van der Waals surface area contributed by atoms with Crippen LogP contribution >= 0.6 is 12.1 Å². The van der Waals surface area contributed by atoms with Gasteiger partial charge in [0.15, 0.2) is 0 Å². The molecule has 0 aliphatic heterocycles. The fraction of sp³-hybridized carbons (Fsp3) is 0.240. The number of nitrogens with zero attached hydrogens (tertiary/aromatic N) is 2. The van der Waals surface area contributed by atoms with E-state index in [0.29, 0.717) is 18.6 Å². The zero-order valence-electron chi connectivity index (χ0n) is 17.2. The average molecular weight is 405 g/mol. The summed E-state index contributed by atoms with van der Waals surface area (Å²) in [5.41, 5.74) is 7.38. The Morgan fingerprint density at radius 3 is 2.28 bits per heavy atom. The van der Waals surface area contributed by atoms with Crippen molar-refractivity contribution in [3.8, 4) is 16.9 Å². The van der Waals surface area contributed by atoms with Crippen LogP contribution in [0.15, 0.2) is 66.7 Å². The molecule has 1 unspecified atom stereocenters. The molecule has 1 aromatic heterocycles. The average Bonchev–Trinajstić information content (AvgIpc) is 3.12. The minimum atomic E-state index is -0.611. The molecule has 1 atom stereocenters. The first-order chi connectivity index (χ1) is 14.0. The minimum Gasteiger partial charge on any atom is -0.232 e. The summed E-state index contributed by atoms with van der Waals surface area (Å²) < 4.78 is 15.4. The summed E-state index contributed by atoms with van der Waals surface area (Å²) in [6.07, 6.45) is 0.695. The number of hydrogen-bond acceptors (Lipinski definition) is 2. The third-order valence-corrected chi connectivity index (χ3v) is 6.68. The van der Waals surface area contributed by atoms with Gasteiger partial charge in [0.1, 0.15) is 5.69 Å². The third-order valence-electron chi connectivity index (χ3n) is 5.84. The number of halogens is 1. The number of benzene rings is 3. The van der Waals surface area contributed by atoms with Gasteiger partial charge in [-0.15, -0.1) is 0 Å². The minimum absolute atomic E-state index is 0.413. The fourth-order valence-electron chi connectivity index (χ4n) is 4.01. The lowest BCUT2D eigenvalue weighted by molar-refractivity contribution is 0.644. The molecule has 0 radical (unpaired) electrons. The quantitative estimate of drug-likeness (QED) is 0.342. The van der Waals surface area contributed by atoms with Gasteiger partial charge in [0.25, 0.3) is 0 Å². The lowest BCUT2D eigenvalue weighted by Gasteiger charge is -2.25. The van der Waals surface area contributed by atoms with Gasteiger partial charge in [0, 0.05) is 10.9 Å². The van der Waals surface area contributed by atoms with Crippen molar-refractivity contribution in [2.45, 2.75) is 38.9 Å². The molecule has 0 aliphatic rings. The Kier molecular flexibility index (Phi) is 5.22. The van der Waals surface area contributed by atoms with Crippen LogP contribution in [0.3, 0.4) is 0 Å². The molecule has 0 fully saturated rings. The predicted octanol–water partition coefficient (Wildman–Crippen LogP) is 7.55. The molecule has 0 saturated carbocycles. The highest BCUT2D eigenvalue weighted by Gasteiger charge is 2.30. The van der Waals surface area contributed by atoms with Gasteiger partial charge in [0.05, 0.1) is 28.1 Å². The highest BCUT2D eigenvalue weighted by Crippen LogP contribution is 2.45. The highest BCUT2D eigenvalue weighted by molar-refractivity contribution is 7.95. The van der Waals surface area contributed by atoms with E-state index in [4.69, 9.17) is 5.10 Å². The van der Waals surface area contributed by atoms with E-state index < -0.39 is 4.75 Å². The Labute approximate surface area is 176 Å². The van der Waals surface area contributed by atoms with Crippen molar-refractivity contribution in [2.75, 3.05) is 0 Å². The Bertz CT molecular complexity index is 1150. The third kappa shape index (κ3) is 3.25. The van der Waals surface area contributed by atoms with Crippen molar-refractivity contribution in [3.05, 3.63) is 83.4 Å². The van der Waals surface area contributed by atoms with Gasteiger partial charge in [-0.1, -0.05) is 67.6 Å². The summed E-state index contributed by atoms with van der Waals surface area (Å²) in [6.45, 7) is 8.21. The first-order valence-corrected chi connectivity index (χ1v) is 10.7. The van der Waals surface area contributed by atoms with Crippen molar-refractivity contribution in [1.82, 2.24) is 9.78 Å². The van der Waals surface area contributed by atoms with E-state index in [1.807, 2.05) is 48.9 Å². The molecule has 0 aliphatic carbocycles. The molecule has 0 saturated heterocycles. The number of aromatic nitrogens is 2. The summed E-state index contributed by atoms with van der Waals surface area (Å²) in [5.74, 6) is 0. The zero-order chi connectivity index (χ0) is 20.6. The van der Waals surface area contributed by atoms with Crippen molar-refractivity contribution in [2.24, 2.45) is 0 Å². The Hall–Kier alpha value is -2.59. The van der Waals surface area contributed by atoms with Gasteiger partial charge < -0.3 is 0 Å². The van der Waals surface area contributed by atoms with Crippen LogP contribution in [-0.2, 0) is 4.75 Å². The van der Waals surface area contributed by atoms with E-state index in [9.17, 15) is 3.89 Å². The van der Waals surface area contributed by atoms with Crippen LogP contribution in [0.25, 0.3) is 27.8 Å². The summed E-state index contributed by atoms with van der Waals surface area (Å²) in [4.78, 5) is 0. The maximum atomic E-state index is 14.0. The summed E-state index contributed by atoms with van der Waals surface area (Å²) in [6, 6.07) is 22.6. The van der Waals surface area contributed by atoms with Crippen molar-refractivity contribution < 1.29 is 3.89 Å². The van der Waals surface area contributed by atoms with Crippen molar-refractivity contribution in [1.29, 1.82) is 0 Å². The zero-order valence-corrected chi connectivity index (χ0v) is 18.1. The summed E-state index contributed by atoms with van der Waals surface area (Å²) in [5, 5.41) is 6.15. The molecule has 1 heterocycles. The van der Waals surface area contributed by atoms with Crippen molar-refractivity contribution in [3.63, 3.8) is 0 Å². The van der Waals surface area contributed by atoms with Gasteiger partial charge in [-0.3, -0.25) is 0 Å². The summed E-state index contributed by atoms with van der Waals surface area (Å²) in [7, 11) is 0. The van der Waals surface area contributed by atoms with E-state index >= 15 is 0 Å². The number of aryl methyl sites for hydroxylation is 2. The normalized spacial score (nSPS) is 13.6. The molecule has 0 bridgehead atoms. The highest BCUT2D eigenvalue weighted by atomic mass is 32.2. The van der Waals surface area contributed by atoms with Gasteiger partial charge in [-0.2, -0.15) is 8.98 Å². The largest absolute Gasteiger partial charge is 0.232 e. The first kappa shape index (κ1) is 19.7. The number of para-hydroxylation sites is 2. The molecule has 4 aromatic rings. The predicted molar refractivity (Wildman–Crippen MR) is 122 cm³/mol. The number of fused-ring (bicyclic) bond motifs is 1. The van der Waals surface area contributed by atoms with Gasteiger partial charge in [-0.05, 0) is 49.9 Å². The van der Waals surface area contributed by atoms with E-state index in [-0.39, 0.29) is 0 Å². The van der Waals surface area contributed by atoms with E-state index in [1.54, 1.807) is 0 Å². The molecule has 0 amide bonds. The summed E-state index contributed by atoms with van der Waals surface area (Å²) >= 11 is 0.413. The Morgan fingerprint density at radius 1 is 0.931 bits per heavy atom. The molecule has 2 nitrogen and oxygen atoms in total. The van der Waals surface area contributed by atoms with E-state index in [2.05, 4.69) is 50.2 Å². The number of hydrogen-bond donors (Lipinski definition) is 0. The van der Waals surface area contributed by atoms with Crippen molar-refractivity contribution >= 4 is 23.1 Å².